The predicted octanol–water partition coefficient (Wildman–Crippen LogP) is 13.0. The number of fused-ring (bicyclic) bond motifs is 7. The Morgan fingerprint density at radius 2 is 1.04 bits per heavy atom. The number of nitrogens with zero attached hydrogens (tertiary/aromatic N) is 2. The Morgan fingerprint density at radius 1 is 0.367 bits per heavy atom. The van der Waals surface area contributed by atoms with Gasteiger partial charge < -0.3 is 13.9 Å². The average molecular weight is 627 g/mol. The van der Waals surface area contributed by atoms with Gasteiger partial charge in [-0.3, -0.25) is 0 Å². The molecule has 3 heteroatoms. The molecule has 0 aliphatic carbocycles. The molecule has 0 fully saturated rings. The topological polar surface area (TPSA) is 21.3 Å². The predicted molar refractivity (Wildman–Crippen MR) is 206 cm³/mol. The molecule has 10 aromatic rings. The highest BCUT2D eigenvalue weighted by molar-refractivity contribution is 6.12. The molecule has 0 unspecified atom stereocenters. The van der Waals surface area contributed by atoms with E-state index in [1.807, 2.05) is 12.1 Å². The number of rotatable bonds is 5. The van der Waals surface area contributed by atoms with E-state index in [0.717, 1.165) is 50.1 Å². The second kappa shape index (κ2) is 11.0. The molecule has 2 heterocycles. The van der Waals surface area contributed by atoms with Crippen molar-refractivity contribution >= 4 is 71.6 Å². The average Bonchev–Trinajstić information content (AvgIpc) is 3.69. The first kappa shape index (κ1) is 27.5. The molecule has 0 N–H and O–H groups in total. The van der Waals surface area contributed by atoms with Gasteiger partial charge in [0.2, 0.25) is 0 Å². The zero-order chi connectivity index (χ0) is 32.3. The molecule has 10 rings (SSSR count). The first-order valence-corrected chi connectivity index (χ1v) is 16.7. The Morgan fingerprint density at radius 3 is 1.92 bits per heavy atom. The van der Waals surface area contributed by atoms with Crippen LogP contribution in [-0.4, -0.2) is 4.57 Å². The van der Waals surface area contributed by atoms with Crippen LogP contribution in [0.1, 0.15) is 0 Å². The molecule has 0 spiro atoms. The molecule has 230 valence electrons. The maximum atomic E-state index is 6.31. The van der Waals surface area contributed by atoms with E-state index in [0.29, 0.717) is 0 Å². The smallest absolute Gasteiger partial charge is 0.136 e. The summed E-state index contributed by atoms with van der Waals surface area (Å²) in [5.41, 5.74) is 10.9. The van der Waals surface area contributed by atoms with Crippen molar-refractivity contribution < 1.29 is 4.42 Å². The van der Waals surface area contributed by atoms with Crippen LogP contribution in [0.25, 0.3) is 71.3 Å². The van der Waals surface area contributed by atoms with Crippen LogP contribution in [0.2, 0.25) is 0 Å². The van der Waals surface area contributed by atoms with E-state index in [4.69, 9.17) is 4.42 Å². The summed E-state index contributed by atoms with van der Waals surface area (Å²) in [6, 6.07) is 65.1. The van der Waals surface area contributed by atoms with Crippen LogP contribution in [0, 0.1) is 0 Å². The molecule has 0 radical (unpaired) electrons. The van der Waals surface area contributed by atoms with Gasteiger partial charge in [0.25, 0.3) is 0 Å². The third kappa shape index (κ3) is 4.51. The van der Waals surface area contributed by atoms with Crippen molar-refractivity contribution in [3.63, 3.8) is 0 Å². The highest BCUT2D eigenvalue weighted by Gasteiger charge is 2.19. The third-order valence-electron chi connectivity index (χ3n) is 9.72. The van der Waals surface area contributed by atoms with E-state index < -0.39 is 0 Å². The first-order chi connectivity index (χ1) is 24.3. The van der Waals surface area contributed by atoms with Crippen LogP contribution in [-0.2, 0) is 0 Å². The van der Waals surface area contributed by atoms with Gasteiger partial charge in [-0.05, 0) is 94.7 Å². The van der Waals surface area contributed by atoms with Crippen molar-refractivity contribution in [2.75, 3.05) is 4.90 Å². The molecule has 0 aliphatic heterocycles. The Labute approximate surface area is 283 Å². The van der Waals surface area contributed by atoms with E-state index in [9.17, 15) is 0 Å². The zero-order valence-electron chi connectivity index (χ0n) is 26.6. The van der Waals surface area contributed by atoms with Crippen molar-refractivity contribution in [3.05, 3.63) is 182 Å². The molecule has 0 amide bonds. The second-order valence-corrected chi connectivity index (χ2v) is 12.6. The van der Waals surface area contributed by atoms with Crippen molar-refractivity contribution in [3.8, 4) is 16.8 Å². The van der Waals surface area contributed by atoms with E-state index in [1.165, 1.54) is 38.3 Å². The minimum atomic E-state index is 0.900. The van der Waals surface area contributed by atoms with Gasteiger partial charge in [-0.25, -0.2) is 0 Å². The summed E-state index contributed by atoms with van der Waals surface area (Å²) in [6.07, 6.45) is 0. The number of benzene rings is 8. The normalized spacial score (nSPS) is 11.7. The summed E-state index contributed by atoms with van der Waals surface area (Å²) in [7, 11) is 0. The monoisotopic (exact) mass is 626 g/mol. The van der Waals surface area contributed by atoms with Gasteiger partial charge in [-0.1, -0.05) is 109 Å². The van der Waals surface area contributed by atoms with Crippen LogP contribution < -0.4 is 4.90 Å². The summed E-state index contributed by atoms with van der Waals surface area (Å²) in [5, 5.41) is 7.07. The quantitative estimate of drug-likeness (QED) is 0.190. The van der Waals surface area contributed by atoms with Crippen LogP contribution in [0.15, 0.2) is 186 Å². The molecule has 8 aromatic carbocycles. The summed E-state index contributed by atoms with van der Waals surface area (Å²) < 4.78 is 8.69. The van der Waals surface area contributed by atoms with Crippen molar-refractivity contribution in [1.29, 1.82) is 0 Å². The SMILES string of the molecule is c1ccc(-c2cccc(N(c3ccc4cc5c(cc4c3)oc3ccccc35)c3ccc4c5ccccc5n(-c5ccccc5)c4c3)c2)cc1. The number of para-hydroxylation sites is 3. The van der Waals surface area contributed by atoms with Crippen LogP contribution in [0.5, 0.6) is 0 Å². The summed E-state index contributed by atoms with van der Waals surface area (Å²) in [6.45, 7) is 0. The number of hydrogen-bond acceptors (Lipinski definition) is 2. The maximum absolute atomic E-state index is 6.31. The molecule has 2 aromatic heterocycles. The third-order valence-corrected chi connectivity index (χ3v) is 9.72. The first-order valence-electron chi connectivity index (χ1n) is 16.7. The Hall–Kier alpha value is -6.58. The van der Waals surface area contributed by atoms with Crippen molar-refractivity contribution in [1.82, 2.24) is 4.57 Å². The maximum Gasteiger partial charge on any atom is 0.136 e. The molecule has 0 saturated heterocycles. The van der Waals surface area contributed by atoms with Crippen LogP contribution in [0.4, 0.5) is 17.1 Å². The molecule has 0 saturated carbocycles. The van der Waals surface area contributed by atoms with Gasteiger partial charge in [0.15, 0.2) is 0 Å². The molecular formula is C46H30N2O. The molecule has 3 nitrogen and oxygen atoms in total. The lowest BCUT2D eigenvalue weighted by Gasteiger charge is -2.27. The van der Waals surface area contributed by atoms with Crippen LogP contribution >= 0.6 is 0 Å². The minimum absolute atomic E-state index is 0.900. The fraction of sp³-hybridized carbons (Fsp3) is 0. The number of anilines is 3. The largest absolute Gasteiger partial charge is 0.456 e. The van der Waals surface area contributed by atoms with E-state index in [1.54, 1.807) is 0 Å². The van der Waals surface area contributed by atoms with E-state index in [-0.39, 0.29) is 0 Å². The van der Waals surface area contributed by atoms with Gasteiger partial charge in [0, 0.05) is 44.3 Å². The fourth-order valence-corrected chi connectivity index (χ4v) is 7.45. The summed E-state index contributed by atoms with van der Waals surface area (Å²) >= 11 is 0. The van der Waals surface area contributed by atoms with Gasteiger partial charge in [0.1, 0.15) is 11.2 Å². The van der Waals surface area contributed by atoms with Gasteiger partial charge in [-0.2, -0.15) is 0 Å². The van der Waals surface area contributed by atoms with Crippen molar-refractivity contribution in [2.45, 2.75) is 0 Å². The Kier molecular flexibility index (Phi) is 6.18. The molecule has 0 atom stereocenters. The standard InChI is InChI=1S/C46H30N2O/c1-3-12-31(13-4-1)32-14-11-17-36(26-32)47(37-23-22-33-28-42-41-19-8-10-21-45(41)49-46(42)29-34(33)27-37)38-24-25-40-39-18-7-9-20-43(39)48(44(40)30-38)35-15-5-2-6-16-35/h1-30H. The molecule has 49 heavy (non-hydrogen) atoms. The lowest BCUT2D eigenvalue weighted by atomic mass is 10.0. The molecule has 0 bridgehead atoms. The van der Waals surface area contributed by atoms with Crippen molar-refractivity contribution in [2.24, 2.45) is 0 Å². The Balaban J connectivity index is 1.21. The molecule has 0 aliphatic rings. The zero-order valence-corrected chi connectivity index (χ0v) is 26.6. The lowest BCUT2D eigenvalue weighted by Crippen LogP contribution is -2.10. The lowest BCUT2D eigenvalue weighted by molar-refractivity contribution is 0.669. The number of aromatic nitrogens is 1. The fourth-order valence-electron chi connectivity index (χ4n) is 7.45. The molecular weight excluding hydrogens is 597 g/mol. The summed E-state index contributed by atoms with van der Waals surface area (Å²) in [4.78, 5) is 2.38. The number of hydrogen-bond donors (Lipinski definition) is 0. The Bertz CT molecular complexity index is 2830. The van der Waals surface area contributed by atoms with E-state index >= 15 is 0 Å². The van der Waals surface area contributed by atoms with E-state index in [2.05, 4.69) is 179 Å². The second-order valence-electron chi connectivity index (χ2n) is 12.6. The van der Waals surface area contributed by atoms with Gasteiger partial charge in [0.05, 0.1) is 11.0 Å². The highest BCUT2D eigenvalue weighted by atomic mass is 16.3. The van der Waals surface area contributed by atoms with Gasteiger partial charge >= 0.3 is 0 Å². The summed E-state index contributed by atoms with van der Waals surface area (Å²) in [5.74, 6) is 0. The number of furan rings is 1. The highest BCUT2D eigenvalue weighted by Crippen LogP contribution is 2.42. The van der Waals surface area contributed by atoms with Crippen LogP contribution in [0.3, 0.4) is 0 Å². The van der Waals surface area contributed by atoms with Gasteiger partial charge in [-0.15, -0.1) is 0 Å². The minimum Gasteiger partial charge on any atom is -0.456 e.